The highest BCUT2D eigenvalue weighted by Crippen LogP contribution is 2.16. The minimum Gasteiger partial charge on any atom is -0.492 e. The molecule has 0 bridgehead atoms. The Labute approximate surface area is 236 Å². The maximum Gasteiger partial charge on any atom is 0.338 e. The molecule has 2 aromatic carbocycles. The molecule has 40 heavy (non-hydrogen) atoms. The number of nitrogens with zero attached hydrogens (tertiary/aromatic N) is 2. The van der Waals surface area contributed by atoms with Crippen LogP contribution in [-0.4, -0.2) is 71.5 Å². The van der Waals surface area contributed by atoms with Crippen LogP contribution in [0.15, 0.2) is 85.2 Å². The Bertz CT molecular complexity index is 1110. The van der Waals surface area contributed by atoms with E-state index in [0.717, 1.165) is 16.9 Å². The van der Waals surface area contributed by atoms with Gasteiger partial charge in [0.15, 0.2) is 0 Å². The molecule has 0 aliphatic heterocycles. The summed E-state index contributed by atoms with van der Waals surface area (Å²) in [5.74, 6) is -0.894. The first-order valence-electron chi connectivity index (χ1n) is 12.8. The summed E-state index contributed by atoms with van der Waals surface area (Å²) in [5.41, 5.74) is 3.66. The first-order chi connectivity index (χ1) is 19.0. The molecular weight excluding hydrogens is 512 g/mol. The zero-order valence-corrected chi connectivity index (χ0v) is 23.7. The van der Waals surface area contributed by atoms with Crippen molar-refractivity contribution < 1.29 is 33.3 Å². The van der Waals surface area contributed by atoms with Crippen LogP contribution in [0.2, 0.25) is 0 Å². The second kappa shape index (κ2) is 15.8. The van der Waals surface area contributed by atoms with Gasteiger partial charge in [-0.2, -0.15) is 0 Å². The van der Waals surface area contributed by atoms with Crippen molar-refractivity contribution >= 4 is 29.3 Å². The van der Waals surface area contributed by atoms with Crippen molar-refractivity contribution in [2.24, 2.45) is 0 Å². The van der Waals surface area contributed by atoms with Crippen molar-refractivity contribution in [2.75, 3.05) is 63.4 Å². The number of carbonyl (C=O) groups is 3. The molecule has 0 aliphatic rings. The minimum atomic E-state index is -0.524. The summed E-state index contributed by atoms with van der Waals surface area (Å²) < 4.78 is 21.1. The largest absolute Gasteiger partial charge is 0.492 e. The van der Waals surface area contributed by atoms with Gasteiger partial charge in [-0.15, -0.1) is 0 Å². The Morgan fingerprint density at radius 2 is 1.00 bits per heavy atom. The van der Waals surface area contributed by atoms with E-state index in [0.29, 0.717) is 42.2 Å². The van der Waals surface area contributed by atoms with Crippen molar-refractivity contribution in [3.05, 3.63) is 96.3 Å². The SMILES string of the molecule is C=C(C)C(=C)OCCN(C)c1ccc(C(=O)OCCOC(=O)c2ccc(N(C)CCOC(=O)C(=C)C)cc2)cc1. The van der Waals surface area contributed by atoms with Gasteiger partial charge < -0.3 is 28.7 Å². The lowest BCUT2D eigenvalue weighted by Crippen LogP contribution is -2.24. The third-order valence-corrected chi connectivity index (χ3v) is 5.82. The Hall–Kier alpha value is -4.53. The summed E-state index contributed by atoms with van der Waals surface area (Å²) in [6.45, 7) is 16.2. The van der Waals surface area contributed by atoms with Gasteiger partial charge in [-0.1, -0.05) is 19.7 Å². The number of ether oxygens (including phenoxy) is 4. The van der Waals surface area contributed by atoms with Gasteiger partial charge in [-0.25, -0.2) is 14.4 Å². The van der Waals surface area contributed by atoms with E-state index in [4.69, 9.17) is 18.9 Å². The number of anilines is 2. The number of carbonyl (C=O) groups excluding carboxylic acids is 3. The normalized spacial score (nSPS) is 10.2. The lowest BCUT2D eigenvalue weighted by atomic mass is 10.2. The van der Waals surface area contributed by atoms with Crippen molar-refractivity contribution in [2.45, 2.75) is 13.8 Å². The highest BCUT2D eigenvalue weighted by molar-refractivity contribution is 5.90. The minimum absolute atomic E-state index is 0.0695. The molecule has 0 saturated heterocycles. The van der Waals surface area contributed by atoms with Crippen molar-refractivity contribution in [3.63, 3.8) is 0 Å². The summed E-state index contributed by atoms with van der Waals surface area (Å²) in [6, 6.07) is 13.8. The molecule has 9 nitrogen and oxygen atoms in total. The predicted octanol–water partition coefficient (Wildman–Crippen LogP) is 4.80. The second-order valence-corrected chi connectivity index (χ2v) is 9.18. The van der Waals surface area contributed by atoms with Crippen LogP contribution >= 0.6 is 0 Å². The second-order valence-electron chi connectivity index (χ2n) is 9.18. The van der Waals surface area contributed by atoms with E-state index < -0.39 is 17.9 Å². The Kier molecular flexibility index (Phi) is 12.5. The van der Waals surface area contributed by atoms with Crippen LogP contribution in [0.1, 0.15) is 34.6 Å². The number of hydrogen-bond acceptors (Lipinski definition) is 9. The quantitative estimate of drug-likeness (QED) is 0.0730. The summed E-state index contributed by atoms with van der Waals surface area (Å²) in [4.78, 5) is 40.0. The van der Waals surface area contributed by atoms with Gasteiger partial charge in [0.25, 0.3) is 0 Å². The molecule has 0 heterocycles. The van der Waals surface area contributed by atoms with Crippen molar-refractivity contribution in [1.82, 2.24) is 0 Å². The number of benzene rings is 2. The first-order valence-corrected chi connectivity index (χ1v) is 12.8. The lowest BCUT2D eigenvalue weighted by molar-refractivity contribution is -0.138. The van der Waals surface area contributed by atoms with E-state index in [1.54, 1.807) is 43.3 Å². The molecule has 0 N–H and O–H groups in total. The molecule has 0 aliphatic carbocycles. The van der Waals surface area contributed by atoms with Crippen molar-refractivity contribution in [3.8, 4) is 0 Å². The number of likely N-dealkylation sites (N-methyl/N-ethyl adjacent to an activating group) is 2. The molecule has 9 heteroatoms. The van der Waals surface area contributed by atoms with E-state index in [1.165, 1.54) is 0 Å². The van der Waals surface area contributed by atoms with E-state index in [1.807, 2.05) is 43.0 Å². The van der Waals surface area contributed by atoms with Crippen LogP contribution in [0.5, 0.6) is 0 Å². The zero-order chi connectivity index (χ0) is 29.7. The van der Waals surface area contributed by atoms with Gasteiger partial charge in [0.1, 0.15) is 32.2 Å². The average molecular weight is 551 g/mol. The zero-order valence-electron chi connectivity index (χ0n) is 23.7. The molecule has 0 spiro atoms. The van der Waals surface area contributed by atoms with Gasteiger partial charge in [-0.3, -0.25) is 0 Å². The van der Waals surface area contributed by atoms with E-state index in [9.17, 15) is 14.4 Å². The summed E-state index contributed by atoms with van der Waals surface area (Å²) in [7, 11) is 3.77. The van der Waals surface area contributed by atoms with Crippen molar-refractivity contribution in [1.29, 1.82) is 0 Å². The predicted molar refractivity (Wildman–Crippen MR) is 156 cm³/mol. The highest BCUT2D eigenvalue weighted by atomic mass is 16.6. The van der Waals surface area contributed by atoms with Gasteiger partial charge >= 0.3 is 17.9 Å². The third-order valence-electron chi connectivity index (χ3n) is 5.82. The van der Waals surface area contributed by atoms with Gasteiger partial charge in [0, 0.05) is 31.0 Å². The number of hydrogen-bond donors (Lipinski definition) is 0. The molecule has 0 unspecified atom stereocenters. The Morgan fingerprint density at radius 3 is 1.38 bits per heavy atom. The monoisotopic (exact) mass is 550 g/mol. The van der Waals surface area contributed by atoms with Crippen LogP contribution < -0.4 is 9.80 Å². The topological polar surface area (TPSA) is 94.6 Å². The smallest absolute Gasteiger partial charge is 0.338 e. The molecule has 0 fully saturated rings. The van der Waals surface area contributed by atoms with Gasteiger partial charge in [-0.05, 0) is 68.0 Å². The molecule has 2 rings (SSSR count). The van der Waals surface area contributed by atoms with Gasteiger partial charge in [0.05, 0.1) is 24.2 Å². The maximum absolute atomic E-state index is 12.3. The van der Waals surface area contributed by atoms with Crippen LogP contribution in [0.4, 0.5) is 11.4 Å². The van der Waals surface area contributed by atoms with Crippen LogP contribution in [0.3, 0.4) is 0 Å². The van der Waals surface area contributed by atoms with Crippen LogP contribution in [0.25, 0.3) is 0 Å². The summed E-state index contributed by atoms with van der Waals surface area (Å²) in [5, 5.41) is 0. The molecule has 0 atom stereocenters. The first kappa shape index (κ1) is 31.7. The fourth-order valence-corrected chi connectivity index (χ4v) is 3.23. The summed E-state index contributed by atoms with van der Waals surface area (Å²) in [6.07, 6.45) is 0. The van der Waals surface area contributed by atoms with Crippen LogP contribution in [0, 0.1) is 0 Å². The van der Waals surface area contributed by atoms with E-state index in [-0.39, 0.29) is 19.8 Å². The maximum atomic E-state index is 12.3. The molecule has 0 radical (unpaired) electrons. The fraction of sp³-hybridized carbons (Fsp3) is 0.323. The van der Waals surface area contributed by atoms with Crippen LogP contribution in [-0.2, 0) is 23.7 Å². The molecule has 0 saturated carbocycles. The average Bonchev–Trinajstić information content (AvgIpc) is 2.94. The van der Waals surface area contributed by atoms with E-state index in [2.05, 4.69) is 19.7 Å². The summed E-state index contributed by atoms with van der Waals surface area (Å²) >= 11 is 0. The number of allylic oxidation sites excluding steroid dienone is 1. The lowest BCUT2D eigenvalue weighted by Gasteiger charge is -2.20. The molecule has 0 amide bonds. The Morgan fingerprint density at radius 1 is 0.600 bits per heavy atom. The molecule has 2 aromatic rings. The number of esters is 3. The molecular formula is C31H38N2O7. The van der Waals surface area contributed by atoms with E-state index >= 15 is 0 Å². The number of rotatable bonds is 16. The Balaban J connectivity index is 1.72. The van der Waals surface area contributed by atoms with Gasteiger partial charge in [0.2, 0.25) is 0 Å². The molecule has 214 valence electrons. The highest BCUT2D eigenvalue weighted by Gasteiger charge is 2.12. The molecule has 0 aromatic heterocycles. The third kappa shape index (κ3) is 10.3. The standard InChI is InChI=1S/C31H38N2O7/c1-22(2)24(5)37-18-16-32(6)27-12-8-25(9-13-27)30(35)39-20-21-40-31(36)26-10-14-28(15-11-26)33(7)17-19-38-29(34)23(3)4/h8-15H,1,3,5,16-21H2,2,4,6-7H3. The fourth-order valence-electron chi connectivity index (χ4n) is 3.23.